The van der Waals surface area contributed by atoms with Gasteiger partial charge in [-0.05, 0) is 31.5 Å². The van der Waals surface area contributed by atoms with Crippen molar-refractivity contribution >= 4 is 0 Å². The molecule has 1 aromatic heterocycles. The van der Waals surface area contributed by atoms with E-state index in [0.29, 0.717) is 11.7 Å². The maximum Gasteiger partial charge on any atom is 0.264 e. The molecule has 0 spiro atoms. The Morgan fingerprint density at radius 3 is 2.59 bits per heavy atom. The number of nitrogens with two attached hydrogens (primary N) is 1. The number of aryl methyl sites for hydroxylation is 1. The molecular weight excluding hydrogens is 218 g/mol. The summed E-state index contributed by atoms with van der Waals surface area (Å²) in [4.78, 5) is 4.05. The van der Waals surface area contributed by atoms with E-state index < -0.39 is 0 Å². The van der Waals surface area contributed by atoms with Crippen LogP contribution in [-0.2, 0) is 6.61 Å². The summed E-state index contributed by atoms with van der Waals surface area (Å²) in [7, 11) is 0. The topological polar surface area (TPSA) is 74.2 Å². The van der Waals surface area contributed by atoms with Gasteiger partial charge in [-0.15, -0.1) is 0 Å². The SMILES string of the molecule is Cc1noc(COc2ccc([C@H](C)N)cc2)n1. The average Bonchev–Trinajstić information content (AvgIpc) is 2.73. The molecule has 1 heterocycles. The Kier molecular flexibility index (Phi) is 3.39. The molecule has 2 N–H and O–H groups in total. The summed E-state index contributed by atoms with van der Waals surface area (Å²) in [6, 6.07) is 7.67. The molecule has 0 saturated carbocycles. The third-order valence-corrected chi connectivity index (χ3v) is 2.34. The van der Waals surface area contributed by atoms with E-state index in [2.05, 4.69) is 10.1 Å². The van der Waals surface area contributed by atoms with Crippen LogP contribution in [0.25, 0.3) is 0 Å². The van der Waals surface area contributed by atoms with Gasteiger partial charge in [0.2, 0.25) is 0 Å². The first-order valence-electron chi connectivity index (χ1n) is 5.42. The summed E-state index contributed by atoms with van der Waals surface area (Å²) >= 11 is 0. The van der Waals surface area contributed by atoms with Gasteiger partial charge in [0.1, 0.15) is 5.75 Å². The zero-order valence-electron chi connectivity index (χ0n) is 9.88. The number of benzene rings is 1. The van der Waals surface area contributed by atoms with Crippen LogP contribution in [0.2, 0.25) is 0 Å². The zero-order chi connectivity index (χ0) is 12.3. The second-order valence-corrected chi connectivity index (χ2v) is 3.88. The molecular formula is C12H15N3O2. The van der Waals surface area contributed by atoms with E-state index in [4.69, 9.17) is 15.0 Å². The molecule has 0 aliphatic heterocycles. The zero-order valence-corrected chi connectivity index (χ0v) is 9.88. The van der Waals surface area contributed by atoms with Crippen molar-refractivity contribution in [1.29, 1.82) is 0 Å². The monoisotopic (exact) mass is 233 g/mol. The minimum absolute atomic E-state index is 0.0302. The molecule has 5 heteroatoms. The Balaban J connectivity index is 1.95. The van der Waals surface area contributed by atoms with Gasteiger partial charge in [0.25, 0.3) is 5.89 Å². The highest BCUT2D eigenvalue weighted by Crippen LogP contribution is 2.16. The minimum atomic E-state index is 0.0302. The highest BCUT2D eigenvalue weighted by Gasteiger charge is 2.04. The van der Waals surface area contributed by atoms with Gasteiger partial charge in [0.05, 0.1) is 0 Å². The number of hydrogen-bond acceptors (Lipinski definition) is 5. The molecule has 0 aliphatic rings. The maximum atomic E-state index is 5.76. The summed E-state index contributed by atoms with van der Waals surface area (Å²) in [5.41, 5.74) is 6.83. The van der Waals surface area contributed by atoms with Crippen LogP contribution in [0, 0.1) is 6.92 Å². The number of ether oxygens (including phenoxy) is 1. The summed E-state index contributed by atoms with van der Waals surface area (Å²) in [5, 5.41) is 3.68. The Morgan fingerprint density at radius 1 is 1.35 bits per heavy atom. The molecule has 0 fully saturated rings. The minimum Gasteiger partial charge on any atom is -0.484 e. The second-order valence-electron chi connectivity index (χ2n) is 3.88. The predicted octanol–water partition coefficient (Wildman–Crippen LogP) is 1.98. The van der Waals surface area contributed by atoms with Gasteiger partial charge in [-0.3, -0.25) is 0 Å². The number of hydrogen-bond donors (Lipinski definition) is 1. The Morgan fingerprint density at radius 2 is 2.06 bits per heavy atom. The largest absolute Gasteiger partial charge is 0.484 e. The fourth-order valence-electron chi connectivity index (χ4n) is 1.41. The molecule has 90 valence electrons. The predicted molar refractivity (Wildman–Crippen MR) is 62.4 cm³/mol. The summed E-state index contributed by atoms with van der Waals surface area (Å²) in [6.45, 7) is 3.99. The van der Waals surface area contributed by atoms with Crippen LogP contribution in [0.5, 0.6) is 5.75 Å². The lowest BCUT2D eigenvalue weighted by molar-refractivity contribution is 0.242. The van der Waals surface area contributed by atoms with Crippen LogP contribution < -0.4 is 10.5 Å². The Hall–Kier alpha value is -1.88. The summed E-state index contributed by atoms with van der Waals surface area (Å²) in [6.07, 6.45) is 0. The van der Waals surface area contributed by atoms with E-state index in [1.165, 1.54) is 0 Å². The van der Waals surface area contributed by atoms with Crippen molar-refractivity contribution in [3.63, 3.8) is 0 Å². The van der Waals surface area contributed by atoms with Crippen molar-refractivity contribution in [1.82, 2.24) is 10.1 Å². The van der Waals surface area contributed by atoms with Crippen LogP contribution in [-0.4, -0.2) is 10.1 Å². The van der Waals surface area contributed by atoms with Gasteiger partial charge in [-0.2, -0.15) is 4.98 Å². The Labute approximate surface area is 99.6 Å². The lowest BCUT2D eigenvalue weighted by Gasteiger charge is -2.07. The average molecular weight is 233 g/mol. The third-order valence-electron chi connectivity index (χ3n) is 2.34. The highest BCUT2D eigenvalue weighted by molar-refractivity contribution is 5.28. The maximum absolute atomic E-state index is 5.76. The first-order valence-corrected chi connectivity index (χ1v) is 5.42. The van der Waals surface area contributed by atoms with Crippen molar-refractivity contribution in [2.24, 2.45) is 5.73 Å². The molecule has 5 nitrogen and oxygen atoms in total. The molecule has 17 heavy (non-hydrogen) atoms. The molecule has 0 radical (unpaired) electrons. The quantitative estimate of drug-likeness (QED) is 0.873. The van der Waals surface area contributed by atoms with Crippen LogP contribution in [0.3, 0.4) is 0 Å². The number of nitrogens with zero attached hydrogens (tertiary/aromatic N) is 2. The number of rotatable bonds is 4. The molecule has 0 unspecified atom stereocenters. The third kappa shape index (κ3) is 3.04. The first kappa shape index (κ1) is 11.6. The van der Waals surface area contributed by atoms with Crippen LogP contribution >= 0.6 is 0 Å². The van der Waals surface area contributed by atoms with E-state index in [1.54, 1.807) is 6.92 Å². The number of aromatic nitrogens is 2. The van der Waals surface area contributed by atoms with Crippen LogP contribution in [0.15, 0.2) is 28.8 Å². The van der Waals surface area contributed by atoms with Gasteiger partial charge in [0.15, 0.2) is 12.4 Å². The fraction of sp³-hybridized carbons (Fsp3) is 0.333. The van der Waals surface area contributed by atoms with E-state index in [-0.39, 0.29) is 12.6 Å². The molecule has 0 bridgehead atoms. The van der Waals surface area contributed by atoms with Crippen LogP contribution in [0.1, 0.15) is 30.2 Å². The van der Waals surface area contributed by atoms with E-state index in [0.717, 1.165) is 11.3 Å². The molecule has 2 rings (SSSR count). The molecule has 2 aromatic rings. The van der Waals surface area contributed by atoms with Gasteiger partial charge in [0, 0.05) is 6.04 Å². The fourth-order valence-corrected chi connectivity index (χ4v) is 1.41. The molecule has 0 saturated heterocycles. The molecule has 1 aromatic carbocycles. The lowest BCUT2D eigenvalue weighted by Crippen LogP contribution is -2.04. The highest BCUT2D eigenvalue weighted by atomic mass is 16.5. The summed E-state index contributed by atoms with van der Waals surface area (Å²) in [5.74, 6) is 1.83. The van der Waals surface area contributed by atoms with Crippen molar-refractivity contribution in [2.75, 3.05) is 0 Å². The van der Waals surface area contributed by atoms with E-state index in [9.17, 15) is 0 Å². The molecule has 1 atom stereocenters. The van der Waals surface area contributed by atoms with Gasteiger partial charge >= 0.3 is 0 Å². The second kappa shape index (κ2) is 4.97. The van der Waals surface area contributed by atoms with Crippen molar-refractivity contribution < 1.29 is 9.26 Å². The van der Waals surface area contributed by atoms with Crippen molar-refractivity contribution in [3.05, 3.63) is 41.5 Å². The van der Waals surface area contributed by atoms with Gasteiger partial charge in [-0.25, -0.2) is 0 Å². The van der Waals surface area contributed by atoms with Crippen LogP contribution in [0.4, 0.5) is 0 Å². The first-order chi connectivity index (χ1) is 8.15. The van der Waals surface area contributed by atoms with E-state index >= 15 is 0 Å². The van der Waals surface area contributed by atoms with E-state index in [1.807, 2.05) is 31.2 Å². The van der Waals surface area contributed by atoms with Gasteiger partial charge < -0.3 is 15.0 Å². The summed E-state index contributed by atoms with van der Waals surface area (Å²) < 4.78 is 10.4. The normalized spacial score (nSPS) is 12.4. The lowest BCUT2D eigenvalue weighted by atomic mass is 10.1. The molecule has 0 aliphatic carbocycles. The smallest absolute Gasteiger partial charge is 0.264 e. The Bertz CT molecular complexity index is 477. The van der Waals surface area contributed by atoms with Crippen molar-refractivity contribution in [3.8, 4) is 5.75 Å². The molecule has 0 amide bonds. The van der Waals surface area contributed by atoms with Crippen molar-refractivity contribution in [2.45, 2.75) is 26.5 Å². The van der Waals surface area contributed by atoms with Gasteiger partial charge in [-0.1, -0.05) is 17.3 Å². The standard InChI is InChI=1S/C12H15N3O2/c1-8(13)10-3-5-11(6-4-10)16-7-12-14-9(2)15-17-12/h3-6,8H,7,13H2,1-2H3/t8-/m0/s1.